The predicted octanol–water partition coefficient (Wildman–Crippen LogP) is 7.07. The van der Waals surface area contributed by atoms with Gasteiger partial charge in [-0.1, -0.05) is 66.2 Å². The number of rotatable bonds is 0. The third-order valence-corrected chi connectivity index (χ3v) is 5.12. The molecule has 0 nitrogen and oxygen atoms in total. The van der Waals surface area contributed by atoms with E-state index in [0.717, 1.165) is 0 Å². The molecule has 0 amide bonds. The van der Waals surface area contributed by atoms with Crippen LogP contribution in [0.3, 0.4) is 0 Å². The van der Waals surface area contributed by atoms with E-state index in [9.17, 15) is 0 Å². The molecule has 0 aromatic carbocycles. The molecule has 0 bridgehead atoms. The van der Waals surface area contributed by atoms with Crippen molar-refractivity contribution >= 4 is 24.8 Å². The second-order valence-corrected chi connectivity index (χ2v) is 7.25. The van der Waals surface area contributed by atoms with Crippen LogP contribution in [-0.4, -0.2) is 0 Å². The summed E-state index contributed by atoms with van der Waals surface area (Å²) in [5.74, 6) is 0. The zero-order valence-electron chi connectivity index (χ0n) is 16.3. The van der Waals surface area contributed by atoms with E-state index < -0.39 is 0 Å². The molecule has 2 aliphatic carbocycles. The normalized spacial score (nSPS) is 20.4. The van der Waals surface area contributed by atoms with Gasteiger partial charge in [0.05, 0.1) is 0 Å². The number of hydrogen-bond acceptors (Lipinski definition) is 0. The maximum atomic E-state index is 3.44. The van der Waals surface area contributed by atoms with E-state index in [-0.39, 0.29) is 57.4 Å². The van der Waals surface area contributed by atoms with Crippen LogP contribution in [0.25, 0.3) is 0 Å². The number of hydrogen-bond donors (Lipinski definition) is 0. The van der Waals surface area contributed by atoms with E-state index >= 15 is 0 Å². The van der Waals surface area contributed by atoms with Crippen LogP contribution in [0.5, 0.6) is 0 Å². The van der Waals surface area contributed by atoms with Crippen LogP contribution >= 0.6 is 24.8 Å². The van der Waals surface area contributed by atoms with Crippen molar-refractivity contribution in [3.05, 3.63) is 45.6 Å². The van der Waals surface area contributed by atoms with E-state index in [0.29, 0.717) is 0 Å². The summed E-state index contributed by atoms with van der Waals surface area (Å²) in [6.45, 7) is 21.8. The van der Waals surface area contributed by atoms with Crippen LogP contribution in [0, 0.1) is 23.0 Å². The molecular formula is C20H32Cl2Ti. The molecular weight excluding hydrogens is 359 g/mol. The molecule has 0 atom stereocenters. The topological polar surface area (TPSA) is 0 Å². The maximum absolute atomic E-state index is 3.44. The fraction of sp³-hybridized carbons (Fsp3) is 0.600. The molecule has 130 valence electrons. The first-order chi connectivity index (χ1) is 8.90. The molecule has 0 aromatic rings. The Hall–Kier alpha value is 0.254. The Morgan fingerprint density at radius 1 is 0.565 bits per heavy atom. The molecule has 0 radical (unpaired) electrons. The van der Waals surface area contributed by atoms with Gasteiger partial charge in [-0.3, -0.25) is 12.2 Å². The molecule has 0 spiro atoms. The van der Waals surface area contributed by atoms with Crippen molar-refractivity contribution in [3.8, 4) is 0 Å². The first-order valence-electron chi connectivity index (χ1n) is 7.50. The SMILES string of the molecule is CC1=[C-]C(C)(C)C(C)=C1C.CC1=[C-]C(C)(C)C(C)=C1C.Cl.Cl.[Ti+2]. The summed E-state index contributed by atoms with van der Waals surface area (Å²) in [6.07, 6.45) is 6.87. The Kier molecular flexibility index (Phi) is 11.8. The maximum Gasteiger partial charge on any atom is 2.00 e. The quantitative estimate of drug-likeness (QED) is 0.306. The summed E-state index contributed by atoms with van der Waals surface area (Å²) in [7, 11) is 0. The van der Waals surface area contributed by atoms with Crippen LogP contribution in [0.2, 0.25) is 0 Å². The zero-order valence-corrected chi connectivity index (χ0v) is 19.5. The van der Waals surface area contributed by atoms with Gasteiger partial charge < -0.3 is 0 Å². The Morgan fingerprint density at radius 3 is 0.826 bits per heavy atom. The van der Waals surface area contributed by atoms with Gasteiger partial charge >= 0.3 is 21.7 Å². The predicted molar refractivity (Wildman–Crippen MR) is 104 cm³/mol. The molecule has 0 fully saturated rings. The minimum Gasteiger partial charge on any atom is -0.263 e. The van der Waals surface area contributed by atoms with Crippen LogP contribution in [0.4, 0.5) is 0 Å². The first kappa shape index (κ1) is 28.1. The summed E-state index contributed by atoms with van der Waals surface area (Å²) in [6, 6.07) is 0. The second kappa shape index (κ2) is 9.66. The molecule has 0 unspecified atom stereocenters. The largest absolute Gasteiger partial charge is 2.00 e. The van der Waals surface area contributed by atoms with E-state index in [2.05, 4.69) is 81.4 Å². The Balaban J connectivity index is -0.000000308. The average molecular weight is 391 g/mol. The monoisotopic (exact) mass is 390 g/mol. The van der Waals surface area contributed by atoms with Gasteiger partial charge in [0.1, 0.15) is 0 Å². The van der Waals surface area contributed by atoms with Crippen molar-refractivity contribution in [1.82, 2.24) is 0 Å². The van der Waals surface area contributed by atoms with E-state index in [1.807, 2.05) is 0 Å². The molecule has 0 heterocycles. The summed E-state index contributed by atoms with van der Waals surface area (Å²) >= 11 is 0. The standard InChI is InChI=1S/2C10H15.2ClH.Ti/c2*1-7-6-10(4,5)9(3)8(7)2;;;/h2*1-5H3;2*1H;/q2*-1;;;+2. The molecule has 0 aromatic heterocycles. The van der Waals surface area contributed by atoms with Crippen molar-refractivity contribution in [2.24, 2.45) is 10.8 Å². The second-order valence-electron chi connectivity index (χ2n) is 7.25. The fourth-order valence-electron chi connectivity index (χ4n) is 2.81. The molecule has 0 N–H and O–H groups in total. The van der Waals surface area contributed by atoms with Crippen molar-refractivity contribution in [3.63, 3.8) is 0 Å². The van der Waals surface area contributed by atoms with Crippen LogP contribution in [0.15, 0.2) is 33.4 Å². The van der Waals surface area contributed by atoms with Gasteiger partial charge in [0.2, 0.25) is 0 Å². The van der Waals surface area contributed by atoms with Crippen molar-refractivity contribution < 1.29 is 21.7 Å². The third kappa shape index (κ3) is 6.24. The van der Waals surface area contributed by atoms with Gasteiger partial charge in [-0.15, -0.1) is 38.7 Å². The van der Waals surface area contributed by atoms with Crippen LogP contribution in [0.1, 0.15) is 69.2 Å². The minimum absolute atomic E-state index is 0. The van der Waals surface area contributed by atoms with Gasteiger partial charge in [-0.2, -0.15) is 22.3 Å². The molecule has 2 aliphatic rings. The number of halogens is 2. The van der Waals surface area contributed by atoms with Crippen molar-refractivity contribution in [2.75, 3.05) is 0 Å². The van der Waals surface area contributed by atoms with Crippen LogP contribution < -0.4 is 0 Å². The minimum atomic E-state index is 0. The molecule has 23 heavy (non-hydrogen) atoms. The fourth-order valence-corrected chi connectivity index (χ4v) is 2.81. The van der Waals surface area contributed by atoms with Crippen molar-refractivity contribution in [1.29, 1.82) is 0 Å². The molecule has 0 saturated heterocycles. The summed E-state index contributed by atoms with van der Waals surface area (Å²) in [4.78, 5) is 0. The van der Waals surface area contributed by atoms with Gasteiger partial charge in [0.15, 0.2) is 0 Å². The van der Waals surface area contributed by atoms with Gasteiger partial charge in [0, 0.05) is 0 Å². The third-order valence-electron chi connectivity index (χ3n) is 5.12. The Morgan fingerprint density at radius 2 is 0.783 bits per heavy atom. The van der Waals surface area contributed by atoms with Gasteiger partial charge in [-0.05, 0) is 0 Å². The molecule has 3 heteroatoms. The molecule has 0 saturated carbocycles. The van der Waals surface area contributed by atoms with E-state index in [1.165, 1.54) is 33.4 Å². The summed E-state index contributed by atoms with van der Waals surface area (Å²) in [5.41, 5.74) is 8.79. The Labute approximate surface area is 171 Å². The molecule has 0 aliphatic heterocycles. The van der Waals surface area contributed by atoms with E-state index in [4.69, 9.17) is 0 Å². The molecule has 2 rings (SSSR count). The average Bonchev–Trinajstić information content (AvgIpc) is 2.60. The zero-order chi connectivity index (χ0) is 15.9. The van der Waals surface area contributed by atoms with Crippen LogP contribution in [-0.2, 0) is 21.7 Å². The first-order valence-corrected chi connectivity index (χ1v) is 7.50. The summed E-state index contributed by atoms with van der Waals surface area (Å²) in [5, 5.41) is 0. The summed E-state index contributed by atoms with van der Waals surface area (Å²) < 4.78 is 0. The van der Waals surface area contributed by atoms with Gasteiger partial charge in [0.25, 0.3) is 0 Å². The Bertz CT molecular complexity index is 494. The van der Waals surface area contributed by atoms with Crippen molar-refractivity contribution in [2.45, 2.75) is 69.2 Å². The van der Waals surface area contributed by atoms with E-state index in [1.54, 1.807) is 0 Å². The smallest absolute Gasteiger partial charge is 0.263 e. The number of allylic oxidation sites excluding steroid dienone is 8. The van der Waals surface area contributed by atoms with Gasteiger partial charge in [-0.25, -0.2) is 11.1 Å².